The second kappa shape index (κ2) is 10.0. The Labute approximate surface area is 230 Å². The van der Waals surface area contributed by atoms with Crippen LogP contribution in [0, 0.1) is 12.3 Å². The van der Waals surface area contributed by atoms with E-state index in [-0.39, 0.29) is 17.2 Å². The van der Waals surface area contributed by atoms with Gasteiger partial charge in [-0.15, -0.1) is 6.42 Å². The second-order valence-electron chi connectivity index (χ2n) is 9.84. The predicted octanol–water partition coefficient (Wildman–Crippen LogP) is 5.20. The zero-order chi connectivity index (χ0) is 28.0. The third-order valence-corrected chi connectivity index (χ3v) is 7.63. The van der Waals surface area contributed by atoms with Gasteiger partial charge in [-0.05, 0) is 48.4 Å². The van der Waals surface area contributed by atoms with E-state index in [0.29, 0.717) is 51.0 Å². The number of benzene rings is 3. The molecule has 0 saturated carbocycles. The Morgan fingerprint density at radius 1 is 1.12 bits per heavy atom. The van der Waals surface area contributed by atoms with Crippen molar-refractivity contribution < 1.29 is 21.2 Å². The van der Waals surface area contributed by atoms with Gasteiger partial charge in [-0.1, -0.05) is 41.3 Å². The average molecular weight is 560 g/mol. The Balaban J connectivity index is 1.66. The van der Waals surface area contributed by atoms with Gasteiger partial charge >= 0.3 is 10.5 Å². The van der Waals surface area contributed by atoms with Crippen LogP contribution in [0.2, 0.25) is 0 Å². The number of nitrogens with one attached hydrogen (secondary N) is 2. The molecule has 6 rings (SSSR count). The van der Waals surface area contributed by atoms with Crippen LogP contribution < -0.4 is 19.7 Å². The molecule has 0 spiro atoms. The smallest absolute Gasteiger partial charge is 0.488 e. The van der Waals surface area contributed by atoms with Crippen LogP contribution in [-0.4, -0.2) is 37.7 Å². The van der Waals surface area contributed by atoms with E-state index in [4.69, 9.17) is 11.2 Å². The van der Waals surface area contributed by atoms with Crippen molar-refractivity contribution in [2.24, 2.45) is 0 Å². The molecule has 0 unspecified atom stereocenters. The van der Waals surface area contributed by atoms with Crippen molar-refractivity contribution in [1.29, 1.82) is 0 Å². The third-order valence-electron chi connectivity index (χ3n) is 7.24. The lowest BCUT2D eigenvalue weighted by molar-refractivity contribution is 0.311. The van der Waals surface area contributed by atoms with Crippen LogP contribution in [0.25, 0.3) is 44.0 Å². The first-order chi connectivity index (χ1) is 19.3. The number of hydrogen-bond donors (Lipinski definition) is 2. The number of aromatic amines is 1. The van der Waals surface area contributed by atoms with Crippen molar-refractivity contribution >= 4 is 43.3 Å². The fraction of sp³-hybridized carbons (Fsp3) is 0.233. The lowest BCUT2D eigenvalue weighted by Crippen LogP contribution is -2.44. The minimum atomic E-state index is -5.20. The maximum absolute atomic E-state index is 14.1. The molecule has 10 heteroatoms. The third kappa shape index (κ3) is 4.57. The number of unbranched alkanes of at least 4 members (excludes halogenated alkanes) is 1. The van der Waals surface area contributed by atoms with Crippen LogP contribution in [0.5, 0.6) is 11.5 Å². The Morgan fingerprint density at radius 2 is 1.95 bits per heavy atom. The summed E-state index contributed by atoms with van der Waals surface area (Å²) in [5, 5.41) is 5.17. The van der Waals surface area contributed by atoms with Crippen molar-refractivity contribution in [3.05, 3.63) is 70.4 Å². The van der Waals surface area contributed by atoms with E-state index in [9.17, 15) is 17.1 Å². The van der Waals surface area contributed by atoms with E-state index in [1.807, 2.05) is 31.2 Å². The van der Waals surface area contributed by atoms with Crippen LogP contribution in [0.15, 0.2) is 59.4 Å². The summed E-state index contributed by atoms with van der Waals surface area (Å²) in [5.41, 5.74) is 3.90. The molecule has 0 radical (unpaired) electrons. The number of fused-ring (bicyclic) bond motifs is 4. The number of H-pyrrole nitrogens is 1. The Morgan fingerprint density at radius 3 is 2.65 bits per heavy atom. The maximum atomic E-state index is 14.1. The van der Waals surface area contributed by atoms with Gasteiger partial charge in [-0.2, -0.15) is 8.42 Å². The molecule has 3 heterocycles. The number of aromatic nitrogens is 2. The van der Waals surface area contributed by atoms with Gasteiger partial charge < -0.3 is 23.8 Å². The van der Waals surface area contributed by atoms with Crippen molar-refractivity contribution in [3.8, 4) is 35.0 Å². The predicted molar refractivity (Wildman–Crippen MR) is 154 cm³/mol. The van der Waals surface area contributed by atoms with Crippen molar-refractivity contribution in [2.45, 2.75) is 25.8 Å². The molecule has 0 bridgehead atoms. The van der Waals surface area contributed by atoms with E-state index in [1.54, 1.807) is 18.2 Å². The quantitative estimate of drug-likeness (QED) is 0.154. The summed E-state index contributed by atoms with van der Waals surface area (Å²) in [7, 11) is -5.20. The van der Waals surface area contributed by atoms with Gasteiger partial charge in [-0.3, -0.25) is 4.79 Å². The standard InChI is InChI=1S/C30H26FN3O5S/c1-3-5-11-38-27-15-24-26(14-23(27)19-7-6-8-21(13-19)39-40(31,36)37)34(20-16-32-17-20)30-28(29(24)35)22-10-9-18(4-2)12-25(22)33-30/h2,6-10,12-15,20,32-33H,3,5,11,16-17H2,1H3. The highest BCUT2D eigenvalue weighted by atomic mass is 32.3. The summed E-state index contributed by atoms with van der Waals surface area (Å²) >= 11 is 0. The normalized spacial score (nSPS) is 13.9. The second-order valence-corrected chi connectivity index (χ2v) is 10.8. The van der Waals surface area contributed by atoms with Crippen LogP contribution in [0.4, 0.5) is 3.89 Å². The van der Waals surface area contributed by atoms with Crippen molar-refractivity contribution in [3.63, 3.8) is 0 Å². The molecule has 0 atom stereocenters. The molecule has 8 nitrogen and oxygen atoms in total. The zero-order valence-corrected chi connectivity index (χ0v) is 22.5. The topological polar surface area (TPSA) is 102 Å². The van der Waals surface area contributed by atoms with Crippen LogP contribution >= 0.6 is 0 Å². The molecule has 5 aromatic rings. The molecule has 1 fully saturated rings. The van der Waals surface area contributed by atoms with Gasteiger partial charge in [-0.25, -0.2) is 0 Å². The first kappa shape index (κ1) is 25.9. The van der Waals surface area contributed by atoms with Gasteiger partial charge in [0.15, 0.2) is 5.43 Å². The summed E-state index contributed by atoms with van der Waals surface area (Å²) in [6, 6.07) is 15.4. The fourth-order valence-corrected chi connectivity index (χ4v) is 5.56. The van der Waals surface area contributed by atoms with E-state index < -0.39 is 10.5 Å². The summed E-state index contributed by atoms with van der Waals surface area (Å²) in [6.07, 6.45) is 7.34. The van der Waals surface area contributed by atoms with Gasteiger partial charge in [0.1, 0.15) is 17.1 Å². The summed E-state index contributed by atoms with van der Waals surface area (Å²) in [4.78, 5) is 17.5. The molecule has 1 aliphatic heterocycles. The average Bonchev–Trinajstić information content (AvgIpc) is 3.27. The fourth-order valence-electron chi connectivity index (χ4n) is 5.23. The monoisotopic (exact) mass is 559 g/mol. The van der Waals surface area contributed by atoms with Crippen LogP contribution in [-0.2, 0) is 10.5 Å². The van der Waals surface area contributed by atoms with Crippen LogP contribution in [0.1, 0.15) is 31.4 Å². The highest BCUT2D eigenvalue weighted by molar-refractivity contribution is 7.81. The Hall–Kier alpha value is -4.33. The molecule has 40 heavy (non-hydrogen) atoms. The van der Waals surface area contributed by atoms with E-state index in [2.05, 4.69) is 25.0 Å². The SMILES string of the molecule is C#Cc1ccc2c(c1)[nH]c1c2c(=O)c2cc(OCCCC)c(-c3cccc(OS(=O)(=O)F)c3)cc2n1C1CNC1. The number of terminal acetylenes is 1. The minimum absolute atomic E-state index is 0.0804. The summed E-state index contributed by atoms with van der Waals surface area (Å²) < 4.78 is 48.3. The number of rotatable bonds is 8. The van der Waals surface area contributed by atoms with Gasteiger partial charge in [0.2, 0.25) is 0 Å². The molecule has 0 amide bonds. The summed E-state index contributed by atoms with van der Waals surface area (Å²) in [6.45, 7) is 3.92. The van der Waals surface area contributed by atoms with Gasteiger partial charge in [0, 0.05) is 35.1 Å². The first-order valence-electron chi connectivity index (χ1n) is 13.0. The lowest BCUT2D eigenvalue weighted by atomic mass is 9.99. The molecule has 1 aliphatic rings. The summed E-state index contributed by atoms with van der Waals surface area (Å²) in [5.74, 6) is 2.94. The molecule has 2 N–H and O–H groups in total. The van der Waals surface area contributed by atoms with Crippen LogP contribution in [0.3, 0.4) is 0 Å². The van der Waals surface area contributed by atoms with E-state index in [1.165, 1.54) is 12.1 Å². The highest BCUT2D eigenvalue weighted by Crippen LogP contribution is 2.38. The molecular weight excluding hydrogens is 533 g/mol. The maximum Gasteiger partial charge on any atom is 0.488 e. The zero-order valence-electron chi connectivity index (χ0n) is 21.7. The molecule has 1 saturated heterocycles. The lowest BCUT2D eigenvalue weighted by Gasteiger charge is -2.32. The van der Waals surface area contributed by atoms with Gasteiger partial charge in [0.05, 0.1) is 28.9 Å². The number of halogens is 1. The molecule has 2 aromatic heterocycles. The molecule has 3 aromatic carbocycles. The molecule has 204 valence electrons. The number of pyridine rings is 1. The minimum Gasteiger partial charge on any atom is -0.493 e. The number of hydrogen-bond acceptors (Lipinski definition) is 6. The van der Waals surface area contributed by atoms with E-state index in [0.717, 1.165) is 36.8 Å². The highest BCUT2D eigenvalue weighted by Gasteiger charge is 2.26. The van der Waals surface area contributed by atoms with Crippen molar-refractivity contribution in [1.82, 2.24) is 14.9 Å². The molecule has 0 aliphatic carbocycles. The Bertz CT molecular complexity index is 2000. The first-order valence-corrected chi connectivity index (χ1v) is 14.3. The Kier molecular flexibility index (Phi) is 6.49. The number of ether oxygens (including phenoxy) is 1. The number of nitrogens with zero attached hydrogens (tertiary/aromatic N) is 1. The van der Waals surface area contributed by atoms with E-state index >= 15 is 0 Å². The van der Waals surface area contributed by atoms with Crippen molar-refractivity contribution in [2.75, 3.05) is 19.7 Å². The largest absolute Gasteiger partial charge is 0.493 e. The molecular formula is C30H26FN3O5S. The van der Waals surface area contributed by atoms with Gasteiger partial charge in [0.25, 0.3) is 0 Å².